The van der Waals surface area contributed by atoms with Gasteiger partial charge in [-0.05, 0) is 61.9 Å². The van der Waals surface area contributed by atoms with Gasteiger partial charge in [0.2, 0.25) is 9.84 Å². The van der Waals surface area contributed by atoms with Gasteiger partial charge in [-0.15, -0.1) is 0 Å². The lowest BCUT2D eigenvalue weighted by molar-refractivity contribution is 0.102. The van der Waals surface area contributed by atoms with E-state index in [1.165, 1.54) is 0 Å². The molecule has 4 aromatic carbocycles. The third-order valence-corrected chi connectivity index (χ3v) is 9.35. The average molecular weight is 626 g/mol. The highest BCUT2D eigenvalue weighted by atomic mass is 79.9. The van der Waals surface area contributed by atoms with Crippen LogP contribution in [0.25, 0.3) is 22.2 Å². The number of para-hydroxylation sites is 2. The van der Waals surface area contributed by atoms with Crippen LogP contribution in [0, 0.1) is 6.92 Å². The molecule has 6 aromatic rings. The zero-order valence-electron chi connectivity index (χ0n) is 22.2. The van der Waals surface area contributed by atoms with Crippen molar-refractivity contribution in [1.82, 2.24) is 14.5 Å². The van der Waals surface area contributed by atoms with Crippen LogP contribution in [0.1, 0.15) is 34.5 Å². The SMILES string of the molecule is Cc1ccc(S(=O)(=O)c2c(NC(=O)c3cccc(Br)c3)n([C@@H](C)c3ccccc3)c3nc4ccccc4nc23)cc1. The number of aryl methyl sites for hydroxylation is 1. The molecule has 0 aliphatic carbocycles. The second kappa shape index (κ2) is 10.6. The van der Waals surface area contributed by atoms with E-state index in [2.05, 4.69) is 21.2 Å². The van der Waals surface area contributed by atoms with E-state index >= 15 is 0 Å². The molecular weight excluding hydrogens is 600 g/mol. The maximum Gasteiger partial charge on any atom is 0.256 e. The van der Waals surface area contributed by atoms with E-state index in [-0.39, 0.29) is 21.1 Å². The standard InChI is InChI=1S/C32H25BrN4O3S/c1-20-15-17-25(18-16-20)41(39,40)29-28-30(35-27-14-7-6-13-26(27)34-28)37(21(2)22-9-4-3-5-10-22)31(29)36-32(38)23-11-8-12-24(33)19-23/h3-19,21H,1-2H3,(H,36,38)/t21-/m0/s1. The average Bonchev–Trinajstić information content (AvgIpc) is 3.29. The summed E-state index contributed by atoms with van der Waals surface area (Å²) in [5, 5.41) is 2.95. The minimum Gasteiger partial charge on any atom is -0.307 e. The third kappa shape index (κ3) is 4.92. The molecular formula is C32H25BrN4O3S. The van der Waals surface area contributed by atoms with Crippen LogP contribution in [0.2, 0.25) is 0 Å². The van der Waals surface area contributed by atoms with Crippen LogP contribution in [0.3, 0.4) is 0 Å². The number of hydrogen-bond donors (Lipinski definition) is 1. The monoisotopic (exact) mass is 624 g/mol. The molecule has 1 N–H and O–H groups in total. The maximum atomic E-state index is 14.4. The number of amides is 1. The summed E-state index contributed by atoms with van der Waals surface area (Å²) in [6.07, 6.45) is 0. The molecule has 0 fully saturated rings. The van der Waals surface area contributed by atoms with E-state index in [1.807, 2.05) is 68.4 Å². The van der Waals surface area contributed by atoms with Crippen molar-refractivity contribution < 1.29 is 13.2 Å². The molecule has 7 nitrogen and oxygen atoms in total. The second-order valence-corrected chi connectivity index (χ2v) is 12.6. The Labute approximate surface area is 245 Å². The lowest BCUT2D eigenvalue weighted by atomic mass is 10.1. The number of fused-ring (bicyclic) bond motifs is 2. The lowest BCUT2D eigenvalue weighted by Gasteiger charge is -2.20. The number of hydrogen-bond acceptors (Lipinski definition) is 5. The molecule has 2 heterocycles. The van der Waals surface area contributed by atoms with E-state index in [4.69, 9.17) is 9.97 Å². The quantitative estimate of drug-likeness (QED) is 0.209. The molecule has 0 saturated heterocycles. The van der Waals surface area contributed by atoms with E-state index in [0.717, 1.165) is 15.6 Å². The van der Waals surface area contributed by atoms with Crippen LogP contribution >= 0.6 is 15.9 Å². The number of aromatic nitrogens is 3. The Kier molecular flexibility index (Phi) is 6.93. The third-order valence-electron chi connectivity index (χ3n) is 7.04. The van der Waals surface area contributed by atoms with Crippen molar-refractivity contribution in [2.24, 2.45) is 0 Å². The van der Waals surface area contributed by atoms with Gasteiger partial charge in [-0.3, -0.25) is 4.79 Å². The first-order valence-corrected chi connectivity index (χ1v) is 15.3. The van der Waals surface area contributed by atoms with Gasteiger partial charge >= 0.3 is 0 Å². The van der Waals surface area contributed by atoms with Gasteiger partial charge in [0.05, 0.1) is 22.0 Å². The number of benzene rings is 4. The summed E-state index contributed by atoms with van der Waals surface area (Å²) in [6, 6.07) is 30.2. The molecule has 6 rings (SSSR count). The number of nitrogens with one attached hydrogen (secondary N) is 1. The van der Waals surface area contributed by atoms with E-state index < -0.39 is 21.8 Å². The Morgan fingerprint density at radius 1 is 0.854 bits per heavy atom. The lowest BCUT2D eigenvalue weighted by Crippen LogP contribution is -2.19. The minimum absolute atomic E-state index is 0.0965. The van der Waals surface area contributed by atoms with Gasteiger partial charge in [0.25, 0.3) is 5.91 Å². The molecule has 0 radical (unpaired) electrons. The van der Waals surface area contributed by atoms with Gasteiger partial charge in [-0.1, -0.05) is 82.2 Å². The van der Waals surface area contributed by atoms with E-state index in [0.29, 0.717) is 22.2 Å². The Morgan fingerprint density at radius 3 is 2.20 bits per heavy atom. The molecule has 0 unspecified atom stereocenters. The topological polar surface area (TPSA) is 94.0 Å². The zero-order chi connectivity index (χ0) is 28.7. The summed E-state index contributed by atoms with van der Waals surface area (Å²) in [5.74, 6) is -0.349. The molecule has 9 heteroatoms. The summed E-state index contributed by atoms with van der Waals surface area (Å²) >= 11 is 3.42. The van der Waals surface area contributed by atoms with Crippen molar-refractivity contribution in [1.29, 1.82) is 0 Å². The molecule has 204 valence electrons. The van der Waals surface area contributed by atoms with Crippen molar-refractivity contribution in [2.45, 2.75) is 29.7 Å². The Balaban J connectivity index is 1.70. The Hall–Kier alpha value is -4.34. The van der Waals surface area contributed by atoms with Crippen LogP contribution in [-0.2, 0) is 9.84 Å². The first kappa shape index (κ1) is 26.9. The molecule has 2 aromatic heterocycles. The maximum absolute atomic E-state index is 14.4. The Morgan fingerprint density at radius 2 is 1.51 bits per heavy atom. The van der Waals surface area contributed by atoms with Crippen LogP contribution in [0.15, 0.2) is 117 Å². The fourth-order valence-corrected chi connectivity index (χ4v) is 6.84. The summed E-state index contributed by atoms with van der Waals surface area (Å²) < 4.78 is 31.3. The minimum atomic E-state index is -4.16. The normalized spacial score (nSPS) is 12.5. The van der Waals surface area contributed by atoms with Crippen molar-refractivity contribution in [2.75, 3.05) is 5.32 Å². The number of halogens is 1. The number of carbonyl (C=O) groups excluding carboxylic acids is 1. The highest BCUT2D eigenvalue weighted by Gasteiger charge is 2.34. The summed E-state index contributed by atoms with van der Waals surface area (Å²) in [7, 11) is -4.16. The van der Waals surface area contributed by atoms with Crippen LogP contribution in [0.5, 0.6) is 0 Å². The summed E-state index contributed by atoms with van der Waals surface area (Å²) in [4.78, 5) is 23.4. The van der Waals surface area contributed by atoms with Crippen molar-refractivity contribution >= 4 is 59.7 Å². The van der Waals surface area contributed by atoms with Crippen LogP contribution in [-0.4, -0.2) is 28.9 Å². The zero-order valence-corrected chi connectivity index (χ0v) is 24.6. The highest BCUT2D eigenvalue weighted by Crippen LogP contribution is 2.40. The van der Waals surface area contributed by atoms with E-state index in [9.17, 15) is 13.2 Å². The summed E-state index contributed by atoms with van der Waals surface area (Å²) in [6.45, 7) is 3.84. The molecule has 0 aliphatic rings. The largest absolute Gasteiger partial charge is 0.307 e. The summed E-state index contributed by atoms with van der Waals surface area (Å²) in [5.41, 5.74) is 3.92. The molecule has 1 amide bonds. The van der Waals surface area contributed by atoms with Crippen molar-refractivity contribution in [3.05, 3.63) is 124 Å². The first-order chi connectivity index (χ1) is 19.7. The van der Waals surface area contributed by atoms with Gasteiger partial charge in [0, 0.05) is 10.0 Å². The van der Waals surface area contributed by atoms with Gasteiger partial charge in [0.1, 0.15) is 16.2 Å². The predicted octanol–water partition coefficient (Wildman–Crippen LogP) is 7.35. The van der Waals surface area contributed by atoms with Gasteiger partial charge < -0.3 is 9.88 Å². The smallest absolute Gasteiger partial charge is 0.256 e. The number of rotatable bonds is 6. The molecule has 0 saturated carbocycles. The Bertz CT molecular complexity index is 2040. The number of sulfone groups is 1. The first-order valence-electron chi connectivity index (χ1n) is 13.0. The van der Waals surface area contributed by atoms with Crippen LogP contribution in [0.4, 0.5) is 5.82 Å². The fraction of sp³-hybridized carbons (Fsp3) is 0.0938. The number of nitrogens with zero attached hydrogens (tertiary/aromatic N) is 3. The van der Waals surface area contributed by atoms with Crippen molar-refractivity contribution in [3.63, 3.8) is 0 Å². The number of carbonyl (C=O) groups is 1. The molecule has 0 spiro atoms. The molecule has 1 atom stereocenters. The van der Waals surface area contributed by atoms with Crippen LogP contribution < -0.4 is 5.32 Å². The molecule has 0 bridgehead atoms. The van der Waals surface area contributed by atoms with E-state index in [1.54, 1.807) is 53.1 Å². The second-order valence-electron chi connectivity index (χ2n) is 9.80. The van der Waals surface area contributed by atoms with Gasteiger partial charge in [0.15, 0.2) is 5.65 Å². The van der Waals surface area contributed by atoms with Crippen molar-refractivity contribution in [3.8, 4) is 0 Å². The molecule has 41 heavy (non-hydrogen) atoms. The van der Waals surface area contributed by atoms with Gasteiger partial charge in [-0.25, -0.2) is 18.4 Å². The highest BCUT2D eigenvalue weighted by molar-refractivity contribution is 9.10. The predicted molar refractivity (Wildman–Crippen MR) is 164 cm³/mol. The fourth-order valence-electron chi connectivity index (χ4n) is 4.91. The molecule has 0 aliphatic heterocycles. The van der Waals surface area contributed by atoms with Gasteiger partial charge in [-0.2, -0.15) is 0 Å². The number of anilines is 1.